The summed E-state index contributed by atoms with van der Waals surface area (Å²) in [4.78, 5) is 48.3. The monoisotopic (exact) mass is 401 g/mol. The molecule has 2 rings (SSSR count). The van der Waals surface area contributed by atoms with Crippen molar-refractivity contribution in [1.29, 1.82) is 0 Å². The lowest BCUT2D eigenvalue weighted by Crippen LogP contribution is -2.37. The summed E-state index contributed by atoms with van der Waals surface area (Å²) in [5.74, 6) is -2.52. The molecule has 2 aromatic rings. The lowest BCUT2D eigenvalue weighted by atomic mass is 10.2. The predicted molar refractivity (Wildman–Crippen MR) is 104 cm³/mol. The summed E-state index contributed by atoms with van der Waals surface area (Å²) in [6.07, 6.45) is 0. The number of hydrogen-bond donors (Lipinski definition) is 2. The lowest BCUT2D eigenvalue weighted by Gasteiger charge is -2.17. The van der Waals surface area contributed by atoms with E-state index in [1.54, 1.807) is 12.1 Å². The number of carbonyl (C=O) groups is 4. The van der Waals surface area contributed by atoms with E-state index >= 15 is 0 Å². The van der Waals surface area contributed by atoms with Crippen LogP contribution in [0.3, 0.4) is 0 Å². The Bertz CT molecular complexity index is 915. The molecule has 0 unspecified atom stereocenters. The Kier molecular flexibility index (Phi) is 7.41. The van der Waals surface area contributed by atoms with Crippen molar-refractivity contribution in [3.8, 4) is 0 Å². The van der Waals surface area contributed by atoms with Crippen molar-refractivity contribution in [2.24, 2.45) is 0 Å². The van der Waals surface area contributed by atoms with Crippen LogP contribution in [-0.4, -0.2) is 48.8 Å². The number of likely N-dealkylation sites (N-methyl/N-ethyl adjacent to an activating group) is 1. The van der Waals surface area contributed by atoms with Gasteiger partial charge in [-0.05, 0) is 42.5 Å². The minimum Gasteiger partial charge on any atom is -0.452 e. The Labute approximate surface area is 166 Å². The largest absolute Gasteiger partial charge is 0.452 e. The molecule has 9 heteroatoms. The van der Waals surface area contributed by atoms with E-state index in [0.717, 1.165) is 4.90 Å². The minimum atomic E-state index is -0.741. The highest BCUT2D eigenvalue weighted by molar-refractivity contribution is 5.96. The molecule has 0 saturated carbocycles. The van der Waals surface area contributed by atoms with E-state index in [2.05, 4.69) is 10.6 Å². The van der Waals surface area contributed by atoms with Crippen LogP contribution in [0, 0.1) is 5.82 Å². The van der Waals surface area contributed by atoms with Gasteiger partial charge >= 0.3 is 5.97 Å². The minimum absolute atomic E-state index is 0.167. The summed E-state index contributed by atoms with van der Waals surface area (Å²) in [5, 5.41) is 5.07. The molecule has 3 amide bonds. The third-order valence-electron chi connectivity index (χ3n) is 3.68. The number of ether oxygens (including phenoxy) is 1. The zero-order valence-electron chi connectivity index (χ0n) is 15.9. The van der Waals surface area contributed by atoms with Gasteiger partial charge in [-0.2, -0.15) is 0 Å². The van der Waals surface area contributed by atoms with Gasteiger partial charge in [0, 0.05) is 25.3 Å². The van der Waals surface area contributed by atoms with Gasteiger partial charge in [0.15, 0.2) is 6.61 Å². The number of hydrogen-bond acceptors (Lipinski definition) is 5. The van der Waals surface area contributed by atoms with Crippen LogP contribution >= 0.6 is 0 Å². The molecule has 8 nitrogen and oxygen atoms in total. The van der Waals surface area contributed by atoms with Crippen molar-refractivity contribution in [1.82, 2.24) is 4.90 Å². The first-order chi connectivity index (χ1) is 13.7. The number of nitrogens with one attached hydrogen (secondary N) is 2. The summed E-state index contributed by atoms with van der Waals surface area (Å²) < 4.78 is 17.8. The summed E-state index contributed by atoms with van der Waals surface area (Å²) in [7, 11) is 1.39. The molecule has 29 heavy (non-hydrogen) atoms. The summed E-state index contributed by atoms with van der Waals surface area (Å²) in [5.41, 5.74) is 0.983. The second-order valence-corrected chi connectivity index (χ2v) is 6.14. The number of halogens is 1. The number of nitrogens with zero attached hydrogens (tertiary/aromatic N) is 1. The Balaban J connectivity index is 1.83. The molecule has 152 valence electrons. The molecular weight excluding hydrogens is 381 g/mol. The van der Waals surface area contributed by atoms with Gasteiger partial charge in [0.2, 0.25) is 11.8 Å². The molecule has 0 saturated heterocycles. The van der Waals surface area contributed by atoms with Crippen LogP contribution in [0.4, 0.5) is 15.8 Å². The molecule has 0 atom stereocenters. The number of benzene rings is 2. The van der Waals surface area contributed by atoms with Crippen molar-refractivity contribution < 1.29 is 28.3 Å². The Morgan fingerprint density at radius 1 is 1.00 bits per heavy atom. The zero-order valence-corrected chi connectivity index (χ0v) is 15.9. The van der Waals surface area contributed by atoms with Gasteiger partial charge in [-0.1, -0.05) is 6.07 Å². The highest BCUT2D eigenvalue weighted by Crippen LogP contribution is 2.12. The lowest BCUT2D eigenvalue weighted by molar-refractivity contribution is -0.136. The van der Waals surface area contributed by atoms with E-state index in [-0.39, 0.29) is 18.0 Å². The number of rotatable bonds is 7. The van der Waals surface area contributed by atoms with E-state index in [1.807, 2.05) is 0 Å². The summed E-state index contributed by atoms with van der Waals surface area (Å²) >= 11 is 0. The van der Waals surface area contributed by atoms with Gasteiger partial charge < -0.3 is 20.3 Å². The first kappa shape index (κ1) is 21.5. The first-order valence-electron chi connectivity index (χ1n) is 8.59. The van der Waals surface area contributed by atoms with Crippen molar-refractivity contribution in [2.45, 2.75) is 6.92 Å². The van der Waals surface area contributed by atoms with Crippen LogP contribution in [0.5, 0.6) is 0 Å². The Hall–Kier alpha value is -3.75. The van der Waals surface area contributed by atoms with Gasteiger partial charge in [0.1, 0.15) is 5.82 Å². The van der Waals surface area contributed by atoms with E-state index in [0.29, 0.717) is 11.4 Å². The molecule has 0 aliphatic carbocycles. The Morgan fingerprint density at radius 3 is 2.34 bits per heavy atom. The van der Waals surface area contributed by atoms with Crippen molar-refractivity contribution >= 4 is 35.1 Å². The molecule has 2 N–H and O–H groups in total. The number of anilines is 2. The van der Waals surface area contributed by atoms with E-state index in [1.165, 1.54) is 50.4 Å². The number of amides is 3. The molecule has 0 aliphatic heterocycles. The maximum atomic E-state index is 12.9. The van der Waals surface area contributed by atoms with Gasteiger partial charge in [0.05, 0.1) is 12.1 Å². The van der Waals surface area contributed by atoms with Gasteiger partial charge in [-0.25, -0.2) is 9.18 Å². The molecule has 0 fully saturated rings. The average Bonchev–Trinajstić information content (AvgIpc) is 2.67. The fourth-order valence-corrected chi connectivity index (χ4v) is 2.29. The van der Waals surface area contributed by atoms with Gasteiger partial charge in [-0.15, -0.1) is 0 Å². The zero-order chi connectivity index (χ0) is 21.4. The van der Waals surface area contributed by atoms with Gasteiger partial charge in [0.25, 0.3) is 5.91 Å². The quantitative estimate of drug-likeness (QED) is 0.691. The third kappa shape index (κ3) is 7.06. The van der Waals surface area contributed by atoms with E-state index < -0.39 is 30.2 Å². The Morgan fingerprint density at radius 2 is 1.69 bits per heavy atom. The van der Waals surface area contributed by atoms with Crippen LogP contribution in [0.15, 0.2) is 48.5 Å². The fraction of sp³-hybridized carbons (Fsp3) is 0.200. The normalized spacial score (nSPS) is 10.0. The van der Waals surface area contributed by atoms with Crippen LogP contribution in [-0.2, 0) is 19.1 Å². The highest BCUT2D eigenvalue weighted by atomic mass is 19.1. The van der Waals surface area contributed by atoms with Crippen LogP contribution in [0.2, 0.25) is 0 Å². The molecular formula is C20H20FN3O5. The van der Waals surface area contributed by atoms with Crippen LogP contribution in [0.1, 0.15) is 17.3 Å². The van der Waals surface area contributed by atoms with E-state index in [9.17, 15) is 23.6 Å². The fourth-order valence-electron chi connectivity index (χ4n) is 2.29. The topological polar surface area (TPSA) is 105 Å². The predicted octanol–water partition coefficient (Wildman–Crippen LogP) is 2.04. The van der Waals surface area contributed by atoms with Crippen molar-refractivity contribution in [3.63, 3.8) is 0 Å². The molecule has 0 radical (unpaired) electrons. The van der Waals surface area contributed by atoms with E-state index in [4.69, 9.17) is 4.74 Å². The molecule has 0 aliphatic rings. The molecule has 0 heterocycles. The molecule has 0 spiro atoms. The third-order valence-corrected chi connectivity index (χ3v) is 3.68. The average molecular weight is 401 g/mol. The maximum absolute atomic E-state index is 12.9. The molecule has 2 aromatic carbocycles. The smallest absolute Gasteiger partial charge is 0.338 e. The standard InChI is InChI=1S/C20H20FN3O5/c1-13(25)22-17-5-3-4-14(10-17)20(28)29-12-19(27)24(2)11-18(26)23-16-8-6-15(21)7-9-16/h3-10H,11-12H2,1-2H3,(H,22,25)(H,23,26). The van der Waals surface area contributed by atoms with Crippen molar-refractivity contribution in [2.75, 3.05) is 30.8 Å². The summed E-state index contributed by atoms with van der Waals surface area (Å²) in [6.45, 7) is 0.515. The van der Waals surface area contributed by atoms with Crippen LogP contribution < -0.4 is 10.6 Å². The SMILES string of the molecule is CC(=O)Nc1cccc(C(=O)OCC(=O)N(C)CC(=O)Nc2ccc(F)cc2)c1. The number of carbonyl (C=O) groups excluding carboxylic acids is 4. The summed E-state index contributed by atoms with van der Waals surface area (Å²) in [6, 6.07) is 11.3. The molecule has 0 aromatic heterocycles. The van der Waals surface area contributed by atoms with Crippen LogP contribution in [0.25, 0.3) is 0 Å². The van der Waals surface area contributed by atoms with Crippen molar-refractivity contribution in [3.05, 3.63) is 59.9 Å². The number of esters is 1. The maximum Gasteiger partial charge on any atom is 0.338 e. The van der Waals surface area contributed by atoms with Gasteiger partial charge in [-0.3, -0.25) is 14.4 Å². The highest BCUT2D eigenvalue weighted by Gasteiger charge is 2.16. The molecule has 0 bridgehead atoms. The second-order valence-electron chi connectivity index (χ2n) is 6.14. The second kappa shape index (κ2) is 9.98. The first-order valence-corrected chi connectivity index (χ1v) is 8.59.